The first-order chi connectivity index (χ1) is 13.2. The molecule has 0 aromatic carbocycles. The minimum atomic E-state index is -2.22. The summed E-state index contributed by atoms with van der Waals surface area (Å²) in [5, 5.41) is 20.2. The molecule has 1 atom stereocenters. The van der Waals surface area contributed by atoms with Crippen LogP contribution in [-0.2, 0) is 0 Å². The number of allylic oxidation sites excluding steroid dienone is 1. The summed E-state index contributed by atoms with van der Waals surface area (Å²) in [6.45, 7) is 14.6. The van der Waals surface area contributed by atoms with E-state index in [4.69, 9.17) is 0 Å². The number of aliphatic hydroxyl groups excluding tert-OH is 2. The molecule has 0 aliphatic heterocycles. The Morgan fingerprint density at radius 1 is 0.929 bits per heavy atom. The zero-order valence-corrected chi connectivity index (χ0v) is 23.8. The Bertz CT molecular complexity index is 444. The van der Waals surface area contributed by atoms with Gasteiger partial charge in [-0.25, -0.2) is 0 Å². The Morgan fingerprint density at radius 3 is 1.75 bits per heavy atom. The van der Waals surface area contributed by atoms with Crippen molar-refractivity contribution in [1.82, 2.24) is 0 Å². The predicted octanol–water partition coefficient (Wildman–Crippen LogP) is 7.02. The predicted molar refractivity (Wildman–Crippen MR) is 130 cm³/mol. The van der Waals surface area contributed by atoms with Crippen LogP contribution in [0, 0.1) is 11.3 Å². The number of unbranched alkanes of at least 4 members (excludes halogenated alkanes) is 3. The van der Waals surface area contributed by atoms with Crippen molar-refractivity contribution in [1.29, 1.82) is 0 Å². The molecule has 2 nitrogen and oxygen atoms in total. The molecule has 0 spiro atoms. The van der Waals surface area contributed by atoms with E-state index in [1.54, 1.807) is 18.9 Å². The van der Waals surface area contributed by atoms with Crippen molar-refractivity contribution in [2.24, 2.45) is 11.3 Å². The third kappa shape index (κ3) is 8.43. The van der Waals surface area contributed by atoms with E-state index in [9.17, 15) is 10.2 Å². The van der Waals surface area contributed by atoms with Crippen LogP contribution in [0.25, 0.3) is 0 Å². The molecule has 0 heterocycles. The second kappa shape index (κ2) is 12.5. The first kappa shape index (κ1) is 26.7. The zero-order chi connectivity index (χ0) is 21.3. The van der Waals surface area contributed by atoms with Gasteiger partial charge in [0.1, 0.15) is 0 Å². The van der Waals surface area contributed by atoms with Crippen molar-refractivity contribution < 1.29 is 10.2 Å². The molecule has 1 fully saturated rings. The van der Waals surface area contributed by atoms with Gasteiger partial charge in [0.25, 0.3) is 0 Å². The second-order valence-corrected chi connectivity index (χ2v) is 30.0. The molecule has 0 radical (unpaired) electrons. The number of rotatable bonds is 14. The molecule has 1 unspecified atom stereocenters. The molecule has 2 N–H and O–H groups in total. The Balaban J connectivity index is 3.19. The van der Waals surface area contributed by atoms with Gasteiger partial charge >= 0.3 is 182 Å². The minimum absolute atomic E-state index is 0.143. The standard InChI is InChI=1S/C12H23O2Si.3C4H9.Sn/c1-10-5-12(8-13,9-14)6-11(10)7-15(2,3)4;3*1-3-4-2;/h7,10,13-14H,1,5-6,8-9H2,2-4H3;3*1,3-4H2,2H3;/b11-7-;;;;. The fourth-order valence-corrected chi connectivity index (χ4v) is 24.3. The maximum absolute atomic E-state index is 10.1. The maximum atomic E-state index is 10.1. The van der Waals surface area contributed by atoms with Crippen molar-refractivity contribution in [3.8, 4) is 0 Å². The first-order valence-electron chi connectivity index (χ1n) is 12.1. The van der Waals surface area contributed by atoms with E-state index in [1.165, 1.54) is 43.0 Å². The van der Waals surface area contributed by atoms with Gasteiger partial charge in [-0.3, -0.25) is 0 Å². The van der Waals surface area contributed by atoms with E-state index in [0.29, 0.717) is 5.92 Å². The van der Waals surface area contributed by atoms with Crippen molar-refractivity contribution in [3.05, 3.63) is 11.3 Å². The van der Waals surface area contributed by atoms with Crippen LogP contribution in [0.4, 0.5) is 0 Å². The Kier molecular flexibility index (Phi) is 11.9. The van der Waals surface area contributed by atoms with E-state index >= 15 is 0 Å². The van der Waals surface area contributed by atoms with Crippen LogP contribution >= 0.6 is 0 Å². The molecule has 0 aromatic heterocycles. The number of hydrogen-bond acceptors (Lipinski definition) is 2. The molecular weight excluding hydrogens is 467 g/mol. The van der Waals surface area contributed by atoms with Crippen LogP contribution in [0.5, 0.6) is 0 Å². The summed E-state index contributed by atoms with van der Waals surface area (Å²) in [5.41, 5.74) is 3.99. The Morgan fingerprint density at radius 2 is 1.39 bits per heavy atom. The average Bonchev–Trinajstić information content (AvgIpc) is 2.98. The summed E-state index contributed by atoms with van der Waals surface area (Å²) >= 11 is -2.22. The van der Waals surface area contributed by atoms with Crippen LogP contribution in [0.3, 0.4) is 0 Å². The summed E-state index contributed by atoms with van der Waals surface area (Å²) < 4.78 is 6.17. The second-order valence-electron chi connectivity index (χ2n) is 11.0. The van der Waals surface area contributed by atoms with Crippen molar-refractivity contribution >= 4 is 26.5 Å². The summed E-state index contributed by atoms with van der Waals surface area (Å²) in [4.78, 5) is 0. The Hall–Kier alpha value is 0.676. The SMILES string of the molecule is CCC[CH2][Sn]([CH2]CCC)([CH2]CCC)[CH2]C1CC(CO)(CO)C/C1=C/[Si](C)(C)C. The van der Waals surface area contributed by atoms with Crippen LogP contribution in [0.1, 0.15) is 72.1 Å². The molecule has 1 saturated carbocycles. The van der Waals surface area contributed by atoms with Crippen LogP contribution < -0.4 is 0 Å². The van der Waals surface area contributed by atoms with Crippen molar-refractivity contribution in [2.75, 3.05) is 13.2 Å². The van der Waals surface area contributed by atoms with Gasteiger partial charge in [0.05, 0.1) is 0 Å². The van der Waals surface area contributed by atoms with E-state index in [1.807, 2.05) is 0 Å². The topological polar surface area (TPSA) is 40.5 Å². The van der Waals surface area contributed by atoms with Gasteiger partial charge in [0, 0.05) is 0 Å². The first-order valence-corrected chi connectivity index (χ1v) is 23.8. The van der Waals surface area contributed by atoms with E-state index < -0.39 is 26.5 Å². The van der Waals surface area contributed by atoms with Gasteiger partial charge in [-0.2, -0.15) is 0 Å². The van der Waals surface area contributed by atoms with Crippen LogP contribution in [0.15, 0.2) is 11.3 Å². The molecule has 0 amide bonds. The number of hydrogen-bond donors (Lipinski definition) is 2. The molecule has 1 aliphatic carbocycles. The summed E-state index contributed by atoms with van der Waals surface area (Å²) in [7, 11) is -1.31. The molecule has 166 valence electrons. The van der Waals surface area contributed by atoms with Crippen LogP contribution in [-0.4, -0.2) is 49.9 Å². The third-order valence-corrected chi connectivity index (χ3v) is 24.2. The van der Waals surface area contributed by atoms with Crippen LogP contribution in [0.2, 0.25) is 37.4 Å². The Labute approximate surface area is 181 Å². The van der Waals surface area contributed by atoms with E-state index in [-0.39, 0.29) is 18.6 Å². The van der Waals surface area contributed by atoms with Gasteiger partial charge < -0.3 is 0 Å². The van der Waals surface area contributed by atoms with Gasteiger partial charge in [-0.1, -0.05) is 0 Å². The molecule has 0 saturated heterocycles. The fraction of sp³-hybridized carbons (Fsp3) is 0.917. The summed E-state index contributed by atoms with van der Waals surface area (Å²) in [5.74, 6) is 0.646. The molecule has 1 aliphatic rings. The summed E-state index contributed by atoms with van der Waals surface area (Å²) in [6.07, 6.45) is 10.2. The third-order valence-electron chi connectivity index (χ3n) is 6.93. The van der Waals surface area contributed by atoms with Gasteiger partial charge in [0.2, 0.25) is 0 Å². The van der Waals surface area contributed by atoms with Crippen molar-refractivity contribution in [2.45, 2.75) is 110 Å². The molecule has 0 bridgehead atoms. The van der Waals surface area contributed by atoms with Gasteiger partial charge in [-0.05, 0) is 0 Å². The number of aliphatic hydroxyl groups is 2. The van der Waals surface area contributed by atoms with Gasteiger partial charge in [-0.15, -0.1) is 0 Å². The molecule has 4 heteroatoms. The summed E-state index contributed by atoms with van der Waals surface area (Å²) in [6, 6.07) is 0. The fourth-order valence-electron chi connectivity index (χ4n) is 5.38. The molecule has 0 aromatic rings. The molecule has 28 heavy (non-hydrogen) atoms. The quantitative estimate of drug-likeness (QED) is 0.243. The normalized spacial score (nSPS) is 21.6. The molecule has 1 rings (SSSR count). The zero-order valence-electron chi connectivity index (χ0n) is 19.9. The average molecular weight is 517 g/mol. The molecular formula is C24H50O2SiSn. The monoisotopic (exact) mass is 518 g/mol. The van der Waals surface area contributed by atoms with E-state index in [2.05, 4.69) is 46.1 Å². The van der Waals surface area contributed by atoms with E-state index in [0.717, 1.165) is 12.8 Å². The van der Waals surface area contributed by atoms with Gasteiger partial charge in [0.15, 0.2) is 0 Å². The van der Waals surface area contributed by atoms with Crippen molar-refractivity contribution in [3.63, 3.8) is 0 Å².